The highest BCUT2D eigenvalue weighted by atomic mass is 32.1. The van der Waals surface area contributed by atoms with Gasteiger partial charge in [-0.3, -0.25) is 4.79 Å². The second-order valence-corrected chi connectivity index (χ2v) is 4.58. The Labute approximate surface area is 96.8 Å². The van der Waals surface area contributed by atoms with Crippen molar-refractivity contribution in [3.63, 3.8) is 0 Å². The van der Waals surface area contributed by atoms with Crippen LogP contribution in [0.1, 0.15) is 22.2 Å². The molecule has 0 radical (unpaired) electrons. The Morgan fingerprint density at radius 1 is 1.44 bits per heavy atom. The number of carbonyl (C=O) groups excluding carboxylic acids is 1. The number of benzene rings is 1. The molecule has 2 rings (SSSR count). The maximum absolute atomic E-state index is 12.9. The molecule has 0 aliphatic heterocycles. The van der Waals surface area contributed by atoms with Crippen LogP contribution in [-0.2, 0) is 0 Å². The van der Waals surface area contributed by atoms with Crippen LogP contribution in [0.25, 0.3) is 10.6 Å². The van der Waals surface area contributed by atoms with Crippen LogP contribution in [-0.4, -0.2) is 10.8 Å². The first kappa shape index (κ1) is 11.0. The lowest BCUT2D eigenvalue weighted by Crippen LogP contribution is -1.84. The van der Waals surface area contributed by atoms with Crippen molar-refractivity contribution in [2.24, 2.45) is 0 Å². The fraction of sp³-hybridized carbons (Fsp3) is 0.167. The summed E-state index contributed by atoms with van der Waals surface area (Å²) >= 11 is 1.33. The molecule has 0 aliphatic carbocycles. The molecular formula is C12H10FNOS. The van der Waals surface area contributed by atoms with Gasteiger partial charge in [0.1, 0.15) is 10.8 Å². The van der Waals surface area contributed by atoms with Crippen LogP contribution in [0, 0.1) is 12.7 Å². The van der Waals surface area contributed by atoms with E-state index in [2.05, 4.69) is 4.98 Å². The SMILES string of the molecule is CC(=O)c1cnc(-c2ccc(F)cc2C)s1. The highest BCUT2D eigenvalue weighted by Gasteiger charge is 2.10. The van der Waals surface area contributed by atoms with Crippen molar-refractivity contribution in [2.75, 3.05) is 0 Å². The summed E-state index contributed by atoms with van der Waals surface area (Å²) in [5, 5.41) is 0.753. The minimum absolute atomic E-state index is 0.00325. The zero-order valence-electron chi connectivity index (χ0n) is 8.95. The monoisotopic (exact) mass is 235 g/mol. The first-order chi connectivity index (χ1) is 7.58. The molecule has 2 nitrogen and oxygen atoms in total. The van der Waals surface area contributed by atoms with Gasteiger partial charge in [-0.15, -0.1) is 11.3 Å². The lowest BCUT2D eigenvalue weighted by atomic mass is 10.1. The molecule has 4 heteroatoms. The zero-order chi connectivity index (χ0) is 11.7. The van der Waals surface area contributed by atoms with E-state index in [1.807, 2.05) is 6.92 Å². The van der Waals surface area contributed by atoms with Gasteiger partial charge in [0, 0.05) is 18.7 Å². The van der Waals surface area contributed by atoms with Crippen molar-refractivity contribution in [1.29, 1.82) is 0 Å². The number of nitrogens with zero attached hydrogens (tertiary/aromatic N) is 1. The number of hydrogen-bond donors (Lipinski definition) is 0. The van der Waals surface area contributed by atoms with Crippen molar-refractivity contribution < 1.29 is 9.18 Å². The fourth-order valence-electron chi connectivity index (χ4n) is 1.43. The first-order valence-electron chi connectivity index (χ1n) is 4.81. The van der Waals surface area contributed by atoms with Gasteiger partial charge in [-0.25, -0.2) is 9.37 Å². The number of hydrogen-bond acceptors (Lipinski definition) is 3. The molecule has 0 spiro atoms. The minimum atomic E-state index is -0.260. The van der Waals surface area contributed by atoms with E-state index < -0.39 is 0 Å². The molecule has 2 aromatic rings. The van der Waals surface area contributed by atoms with Gasteiger partial charge in [0.25, 0.3) is 0 Å². The van der Waals surface area contributed by atoms with Gasteiger partial charge < -0.3 is 0 Å². The van der Waals surface area contributed by atoms with E-state index in [0.717, 1.165) is 16.1 Å². The number of aromatic nitrogens is 1. The number of rotatable bonds is 2. The minimum Gasteiger partial charge on any atom is -0.294 e. The van der Waals surface area contributed by atoms with E-state index in [-0.39, 0.29) is 11.6 Å². The highest BCUT2D eigenvalue weighted by Crippen LogP contribution is 2.28. The molecule has 0 saturated carbocycles. The van der Waals surface area contributed by atoms with Gasteiger partial charge in [0.05, 0.1) is 4.88 Å². The van der Waals surface area contributed by atoms with Crippen LogP contribution >= 0.6 is 11.3 Å². The average Bonchev–Trinajstić information content (AvgIpc) is 2.66. The lowest BCUT2D eigenvalue weighted by molar-refractivity contribution is 0.102. The van der Waals surface area contributed by atoms with E-state index in [1.54, 1.807) is 12.3 Å². The predicted molar refractivity (Wildman–Crippen MR) is 62.2 cm³/mol. The van der Waals surface area contributed by atoms with Crippen molar-refractivity contribution >= 4 is 17.1 Å². The summed E-state index contributed by atoms with van der Waals surface area (Å²) in [5.74, 6) is -0.256. The molecule has 1 aromatic carbocycles. The number of ketones is 1. The predicted octanol–water partition coefficient (Wildman–Crippen LogP) is 3.46. The molecule has 0 saturated heterocycles. The number of thiazole rings is 1. The number of aryl methyl sites for hydroxylation is 1. The number of halogens is 1. The van der Waals surface area contributed by atoms with E-state index in [1.165, 1.54) is 30.4 Å². The topological polar surface area (TPSA) is 30.0 Å². The second kappa shape index (κ2) is 4.14. The molecule has 0 aliphatic rings. The van der Waals surface area contributed by atoms with E-state index in [9.17, 15) is 9.18 Å². The Hall–Kier alpha value is -1.55. The van der Waals surface area contributed by atoms with Crippen LogP contribution in [0.2, 0.25) is 0 Å². The maximum atomic E-state index is 12.9. The van der Waals surface area contributed by atoms with Crippen molar-refractivity contribution in [3.05, 3.63) is 40.7 Å². The van der Waals surface area contributed by atoms with Gasteiger partial charge >= 0.3 is 0 Å². The summed E-state index contributed by atoms with van der Waals surface area (Å²) in [5.41, 5.74) is 1.70. The lowest BCUT2D eigenvalue weighted by Gasteiger charge is -2.01. The van der Waals surface area contributed by atoms with Gasteiger partial charge in [0.15, 0.2) is 5.78 Å². The number of carbonyl (C=O) groups is 1. The number of Topliss-reactive ketones (excluding diaryl/α,β-unsaturated/α-hetero) is 1. The third-order valence-corrected chi connectivity index (χ3v) is 3.40. The smallest absolute Gasteiger partial charge is 0.171 e. The van der Waals surface area contributed by atoms with E-state index >= 15 is 0 Å². The summed E-state index contributed by atoms with van der Waals surface area (Å²) in [6.45, 7) is 3.34. The van der Waals surface area contributed by atoms with E-state index in [0.29, 0.717) is 4.88 Å². The van der Waals surface area contributed by atoms with Gasteiger partial charge in [-0.1, -0.05) is 0 Å². The average molecular weight is 235 g/mol. The largest absolute Gasteiger partial charge is 0.294 e. The van der Waals surface area contributed by atoms with E-state index in [4.69, 9.17) is 0 Å². The third-order valence-electron chi connectivity index (χ3n) is 2.27. The Morgan fingerprint density at radius 3 is 2.75 bits per heavy atom. The molecule has 0 atom stereocenters. The van der Waals surface area contributed by atoms with Crippen LogP contribution < -0.4 is 0 Å². The molecule has 1 aromatic heterocycles. The first-order valence-corrected chi connectivity index (χ1v) is 5.63. The summed E-state index contributed by atoms with van der Waals surface area (Å²) < 4.78 is 12.9. The Morgan fingerprint density at radius 2 is 2.19 bits per heavy atom. The third kappa shape index (κ3) is 2.02. The highest BCUT2D eigenvalue weighted by molar-refractivity contribution is 7.16. The van der Waals surface area contributed by atoms with Gasteiger partial charge in [0.2, 0.25) is 0 Å². The standard InChI is InChI=1S/C12H10FNOS/c1-7-5-9(13)3-4-10(7)12-14-6-11(16-12)8(2)15/h3-6H,1-2H3. The summed E-state index contributed by atoms with van der Waals surface area (Å²) in [6, 6.07) is 4.55. The molecule has 0 bridgehead atoms. The quantitative estimate of drug-likeness (QED) is 0.746. The fourth-order valence-corrected chi connectivity index (χ4v) is 2.33. The van der Waals surface area contributed by atoms with Gasteiger partial charge in [-0.05, 0) is 30.7 Å². The summed E-state index contributed by atoms with van der Waals surface area (Å²) in [6.07, 6.45) is 1.56. The maximum Gasteiger partial charge on any atom is 0.171 e. The molecular weight excluding hydrogens is 225 g/mol. The summed E-state index contributed by atoms with van der Waals surface area (Å²) in [4.78, 5) is 15.9. The van der Waals surface area contributed by atoms with Crippen LogP contribution in [0.5, 0.6) is 0 Å². The Balaban J connectivity index is 2.46. The van der Waals surface area contributed by atoms with Crippen LogP contribution in [0.3, 0.4) is 0 Å². The molecule has 0 unspecified atom stereocenters. The van der Waals surface area contributed by atoms with Gasteiger partial charge in [-0.2, -0.15) is 0 Å². The van der Waals surface area contributed by atoms with Crippen molar-refractivity contribution in [1.82, 2.24) is 4.98 Å². The zero-order valence-corrected chi connectivity index (χ0v) is 9.77. The molecule has 0 N–H and O–H groups in total. The molecule has 0 amide bonds. The Kier molecular flexibility index (Phi) is 2.83. The van der Waals surface area contributed by atoms with Crippen LogP contribution in [0.15, 0.2) is 24.4 Å². The molecule has 0 fully saturated rings. The normalized spacial score (nSPS) is 10.4. The molecule has 16 heavy (non-hydrogen) atoms. The summed E-state index contributed by atoms with van der Waals surface area (Å²) in [7, 11) is 0. The van der Waals surface area contributed by atoms with Crippen molar-refractivity contribution in [2.45, 2.75) is 13.8 Å². The Bertz CT molecular complexity index is 548. The van der Waals surface area contributed by atoms with Crippen molar-refractivity contribution in [3.8, 4) is 10.6 Å². The second-order valence-electron chi connectivity index (χ2n) is 3.55. The molecule has 1 heterocycles. The van der Waals surface area contributed by atoms with Crippen LogP contribution in [0.4, 0.5) is 4.39 Å². The molecule has 82 valence electrons.